The average Bonchev–Trinajstić information content (AvgIpc) is 3.18. The van der Waals surface area contributed by atoms with E-state index >= 15 is 0 Å². The van der Waals surface area contributed by atoms with Gasteiger partial charge in [-0.05, 0) is 58.6 Å². The molecular weight excluding hydrogens is 466 g/mol. The lowest BCUT2D eigenvalue weighted by molar-refractivity contribution is 0.00564. The summed E-state index contributed by atoms with van der Waals surface area (Å²) >= 11 is 6.35. The third kappa shape index (κ3) is 4.86. The first-order valence-electron chi connectivity index (χ1n) is 11.3. The van der Waals surface area contributed by atoms with E-state index in [1.54, 1.807) is 11.0 Å². The maximum atomic E-state index is 13.4. The number of oxazole rings is 1. The van der Waals surface area contributed by atoms with Gasteiger partial charge in [0.05, 0.1) is 5.02 Å². The zero-order valence-corrected chi connectivity index (χ0v) is 21.5. The minimum absolute atomic E-state index is 0.0599. The van der Waals surface area contributed by atoms with Gasteiger partial charge in [-0.1, -0.05) is 32.4 Å². The lowest BCUT2D eigenvalue weighted by Crippen LogP contribution is -2.53. The quantitative estimate of drug-likeness (QED) is 0.641. The standard InChI is InChI=1S/C23H32ClN3O5S/c1-22(2,3)20-25-17-10-9-16(24)19(18(17)31-20)33(29,30)26-13-11-14-7-8-15(12-13)27(14)21(28)32-23(4,5)6/h9-10,13-15,26H,7-8,11-12H2,1-6H3/t13?,14-,15+. The Bertz CT molecular complexity index is 1170. The monoisotopic (exact) mass is 497 g/mol. The molecule has 33 heavy (non-hydrogen) atoms. The Morgan fingerprint density at radius 2 is 1.76 bits per heavy atom. The molecule has 8 nitrogen and oxygen atoms in total. The molecule has 2 aliphatic heterocycles. The van der Waals surface area contributed by atoms with Crippen LogP contribution in [0.4, 0.5) is 4.79 Å². The average molecular weight is 498 g/mol. The summed E-state index contributed by atoms with van der Waals surface area (Å²) in [7, 11) is -3.99. The van der Waals surface area contributed by atoms with Gasteiger partial charge in [0.1, 0.15) is 16.0 Å². The van der Waals surface area contributed by atoms with Crippen molar-refractivity contribution in [3.05, 3.63) is 23.0 Å². The minimum Gasteiger partial charge on any atom is -0.444 e. The molecule has 1 aromatic carbocycles. The Morgan fingerprint density at radius 3 is 2.30 bits per heavy atom. The van der Waals surface area contributed by atoms with Gasteiger partial charge in [-0.15, -0.1) is 0 Å². The predicted molar refractivity (Wildman–Crippen MR) is 126 cm³/mol. The van der Waals surface area contributed by atoms with Gasteiger partial charge in [0.2, 0.25) is 15.9 Å². The number of fused-ring (bicyclic) bond motifs is 3. The smallest absolute Gasteiger partial charge is 0.410 e. The third-order valence-corrected chi connectivity index (χ3v) is 8.05. The highest BCUT2D eigenvalue weighted by atomic mass is 35.5. The van der Waals surface area contributed by atoms with Crippen molar-refractivity contribution in [2.45, 2.75) is 101 Å². The number of carbonyl (C=O) groups is 1. The SMILES string of the molecule is CC(C)(C)OC(=O)N1[C@@H]2CC[C@H]1CC(NS(=O)(=O)c1c(Cl)ccc3nc(C(C)(C)C)oc13)C2. The van der Waals surface area contributed by atoms with E-state index in [1.807, 2.05) is 41.5 Å². The molecule has 1 unspecified atom stereocenters. The van der Waals surface area contributed by atoms with Gasteiger partial charge in [-0.3, -0.25) is 0 Å². The van der Waals surface area contributed by atoms with Crippen molar-refractivity contribution >= 4 is 38.8 Å². The number of carbonyl (C=O) groups excluding carboxylic acids is 1. The largest absolute Gasteiger partial charge is 0.444 e. The van der Waals surface area contributed by atoms with Crippen LogP contribution in [-0.4, -0.2) is 48.1 Å². The Kier molecular flexibility index (Phi) is 5.98. The van der Waals surface area contributed by atoms with Crippen molar-refractivity contribution in [1.29, 1.82) is 0 Å². The highest BCUT2D eigenvalue weighted by molar-refractivity contribution is 7.89. The number of aromatic nitrogens is 1. The molecule has 2 fully saturated rings. The van der Waals surface area contributed by atoms with Crippen LogP contribution in [0.25, 0.3) is 11.1 Å². The van der Waals surface area contributed by atoms with Crippen LogP contribution < -0.4 is 4.72 Å². The van der Waals surface area contributed by atoms with Gasteiger partial charge in [0.15, 0.2) is 5.58 Å². The van der Waals surface area contributed by atoms with Crippen molar-refractivity contribution in [3.8, 4) is 0 Å². The topological polar surface area (TPSA) is 102 Å². The number of nitrogens with one attached hydrogen (secondary N) is 1. The van der Waals surface area contributed by atoms with Gasteiger partial charge in [-0.2, -0.15) is 0 Å². The van der Waals surface area contributed by atoms with Crippen LogP contribution in [-0.2, 0) is 20.2 Å². The third-order valence-electron chi connectivity index (χ3n) is 6.03. The molecule has 1 amide bonds. The maximum absolute atomic E-state index is 13.4. The van der Waals surface area contributed by atoms with Crippen LogP contribution in [0.2, 0.25) is 5.02 Å². The number of rotatable bonds is 3. The van der Waals surface area contributed by atoms with Gasteiger partial charge >= 0.3 is 6.09 Å². The van der Waals surface area contributed by atoms with Crippen LogP contribution >= 0.6 is 11.6 Å². The molecule has 4 rings (SSSR count). The molecule has 1 N–H and O–H groups in total. The first-order chi connectivity index (χ1) is 15.2. The number of hydrogen-bond donors (Lipinski definition) is 1. The number of nitrogens with zero attached hydrogens (tertiary/aromatic N) is 2. The molecule has 1 aromatic heterocycles. The van der Waals surface area contributed by atoms with Crippen LogP contribution in [0.15, 0.2) is 21.4 Å². The number of hydrogen-bond acceptors (Lipinski definition) is 6. The fourth-order valence-electron chi connectivity index (χ4n) is 4.68. The molecule has 182 valence electrons. The van der Waals surface area contributed by atoms with Crippen LogP contribution in [0.3, 0.4) is 0 Å². The predicted octanol–water partition coefficient (Wildman–Crippen LogP) is 4.99. The van der Waals surface area contributed by atoms with Crippen LogP contribution in [0.5, 0.6) is 0 Å². The second-order valence-corrected chi connectivity index (χ2v) is 13.1. The summed E-state index contributed by atoms with van der Waals surface area (Å²) in [5.41, 5.74) is -0.348. The molecule has 3 atom stereocenters. The maximum Gasteiger partial charge on any atom is 0.410 e. The fourth-order valence-corrected chi connectivity index (χ4v) is 6.60. The summed E-state index contributed by atoms with van der Waals surface area (Å²) in [6, 6.07) is 2.75. The molecule has 0 spiro atoms. The van der Waals surface area contributed by atoms with Gasteiger partial charge in [-0.25, -0.2) is 22.9 Å². The number of piperidine rings is 1. The second-order valence-electron chi connectivity index (χ2n) is 11.1. The molecule has 3 heterocycles. The Balaban J connectivity index is 1.57. The van der Waals surface area contributed by atoms with E-state index in [1.165, 1.54) is 6.07 Å². The van der Waals surface area contributed by atoms with E-state index in [9.17, 15) is 13.2 Å². The number of ether oxygens (including phenoxy) is 1. The van der Waals surface area contributed by atoms with E-state index in [0.717, 1.165) is 12.8 Å². The summed E-state index contributed by atoms with van der Waals surface area (Å²) in [4.78, 5) is 18.9. The lowest BCUT2D eigenvalue weighted by Gasteiger charge is -2.39. The second kappa shape index (κ2) is 8.13. The summed E-state index contributed by atoms with van der Waals surface area (Å²) < 4.78 is 41.2. The molecule has 0 aliphatic carbocycles. The van der Waals surface area contributed by atoms with E-state index in [-0.39, 0.29) is 45.1 Å². The molecule has 2 aromatic rings. The number of sulfonamides is 1. The number of halogens is 1. The number of amides is 1. The van der Waals surface area contributed by atoms with E-state index in [2.05, 4.69) is 9.71 Å². The van der Waals surface area contributed by atoms with Gasteiger partial charge in [0, 0.05) is 23.5 Å². The highest BCUT2D eigenvalue weighted by Crippen LogP contribution is 2.39. The molecule has 2 aliphatic rings. The summed E-state index contributed by atoms with van der Waals surface area (Å²) in [6.45, 7) is 11.4. The van der Waals surface area contributed by atoms with E-state index < -0.39 is 15.6 Å². The van der Waals surface area contributed by atoms with Crippen LogP contribution in [0.1, 0.15) is 73.1 Å². The summed E-state index contributed by atoms with van der Waals surface area (Å²) in [5.74, 6) is 0.444. The minimum atomic E-state index is -3.99. The summed E-state index contributed by atoms with van der Waals surface area (Å²) in [5, 5.41) is 0.0840. The lowest BCUT2D eigenvalue weighted by atomic mass is 9.97. The van der Waals surface area contributed by atoms with Crippen molar-refractivity contribution in [3.63, 3.8) is 0 Å². The Hall–Kier alpha value is -1.84. The zero-order valence-electron chi connectivity index (χ0n) is 19.9. The first kappa shape index (κ1) is 24.3. The molecule has 2 bridgehead atoms. The van der Waals surface area contributed by atoms with E-state index in [4.69, 9.17) is 20.8 Å². The van der Waals surface area contributed by atoms with Gasteiger partial charge in [0.25, 0.3) is 0 Å². The van der Waals surface area contributed by atoms with Crippen LogP contribution in [0, 0.1) is 0 Å². The van der Waals surface area contributed by atoms with Crippen molar-refractivity contribution in [1.82, 2.24) is 14.6 Å². The molecule has 10 heteroatoms. The van der Waals surface area contributed by atoms with Gasteiger partial charge < -0.3 is 14.1 Å². The van der Waals surface area contributed by atoms with Crippen molar-refractivity contribution in [2.75, 3.05) is 0 Å². The highest BCUT2D eigenvalue weighted by Gasteiger charge is 2.46. The zero-order chi connectivity index (χ0) is 24.3. The Morgan fingerprint density at radius 1 is 1.15 bits per heavy atom. The fraction of sp³-hybridized carbons (Fsp3) is 0.652. The number of benzene rings is 1. The Labute approximate surface area is 200 Å². The molecule has 2 saturated heterocycles. The molecule has 0 radical (unpaired) electrons. The molecular formula is C23H32ClN3O5S. The first-order valence-corrected chi connectivity index (χ1v) is 13.1. The van der Waals surface area contributed by atoms with Crippen molar-refractivity contribution in [2.24, 2.45) is 0 Å². The summed E-state index contributed by atoms with van der Waals surface area (Å²) in [6.07, 6.45) is 2.37. The molecule has 0 saturated carbocycles. The van der Waals surface area contributed by atoms with Crippen molar-refractivity contribution < 1.29 is 22.4 Å². The van der Waals surface area contributed by atoms with E-state index in [0.29, 0.717) is 24.2 Å². The normalized spacial score (nSPS) is 23.8.